The molecule has 1 aromatic rings. The molecule has 2 unspecified atom stereocenters. The predicted molar refractivity (Wildman–Crippen MR) is 76.9 cm³/mol. The number of nitrogens with one attached hydrogen (secondary N) is 2. The molecule has 0 saturated carbocycles. The topological polar surface area (TPSA) is 61.4 Å². The van der Waals surface area contributed by atoms with Gasteiger partial charge in [0.1, 0.15) is 0 Å². The molecule has 1 aliphatic heterocycles. The highest BCUT2D eigenvalue weighted by Crippen LogP contribution is 2.14. The number of likely N-dealkylation sites (tertiary alicyclic amines) is 1. The molecule has 0 bridgehead atoms. The van der Waals surface area contributed by atoms with Crippen molar-refractivity contribution in [2.75, 3.05) is 13.1 Å². The molecule has 1 fully saturated rings. The molecule has 1 heterocycles. The lowest BCUT2D eigenvalue weighted by Crippen LogP contribution is -2.49. The molecule has 5 nitrogen and oxygen atoms in total. The Balaban J connectivity index is 1.99. The Morgan fingerprint density at radius 3 is 2.00 bits per heavy atom. The van der Waals surface area contributed by atoms with E-state index in [0.717, 1.165) is 19.6 Å². The van der Waals surface area contributed by atoms with Gasteiger partial charge in [0, 0.05) is 33.5 Å². The molecule has 0 aromatic heterocycles. The van der Waals surface area contributed by atoms with Gasteiger partial charge in [-0.05, 0) is 5.56 Å². The van der Waals surface area contributed by atoms with E-state index < -0.39 is 0 Å². The minimum atomic E-state index is -0.0630. The Bertz CT molecular complexity index is 451. The minimum absolute atomic E-state index is 0.0277. The second-order valence-electron chi connectivity index (χ2n) is 5.29. The van der Waals surface area contributed by atoms with E-state index in [0.29, 0.717) is 0 Å². The lowest BCUT2D eigenvalue weighted by Gasteiger charge is -2.19. The van der Waals surface area contributed by atoms with Crippen LogP contribution in [-0.4, -0.2) is 41.9 Å². The largest absolute Gasteiger partial charge is 0.350 e. The summed E-state index contributed by atoms with van der Waals surface area (Å²) < 4.78 is 0. The molecular weight excluding hydrogens is 254 g/mol. The van der Waals surface area contributed by atoms with Crippen LogP contribution in [-0.2, 0) is 16.1 Å². The SMILES string of the molecule is CC(=O)NC1CN(Cc2ccccc2)CC1NC(C)=O. The summed E-state index contributed by atoms with van der Waals surface area (Å²) in [5.74, 6) is -0.126. The van der Waals surface area contributed by atoms with Crippen LogP contribution in [0.3, 0.4) is 0 Å². The first-order valence-electron chi connectivity index (χ1n) is 6.85. The van der Waals surface area contributed by atoms with Crippen molar-refractivity contribution < 1.29 is 9.59 Å². The average Bonchev–Trinajstić information content (AvgIpc) is 2.70. The van der Waals surface area contributed by atoms with Gasteiger partial charge in [-0.3, -0.25) is 14.5 Å². The predicted octanol–water partition coefficient (Wildman–Crippen LogP) is 0.512. The molecule has 1 aromatic carbocycles. The number of nitrogens with zero attached hydrogens (tertiary/aromatic N) is 1. The number of rotatable bonds is 4. The van der Waals surface area contributed by atoms with Gasteiger partial charge in [-0.1, -0.05) is 30.3 Å². The summed E-state index contributed by atoms with van der Waals surface area (Å²) in [6.07, 6.45) is 0. The van der Waals surface area contributed by atoms with Crippen LogP contribution in [0.2, 0.25) is 0 Å². The number of hydrogen-bond acceptors (Lipinski definition) is 3. The van der Waals surface area contributed by atoms with Crippen molar-refractivity contribution in [1.29, 1.82) is 0 Å². The molecule has 108 valence electrons. The van der Waals surface area contributed by atoms with E-state index in [1.807, 2.05) is 18.2 Å². The summed E-state index contributed by atoms with van der Waals surface area (Å²) in [4.78, 5) is 24.8. The molecule has 0 spiro atoms. The maximum absolute atomic E-state index is 11.3. The van der Waals surface area contributed by atoms with Crippen LogP contribution in [0.5, 0.6) is 0 Å². The highest BCUT2D eigenvalue weighted by Gasteiger charge is 2.33. The zero-order valence-electron chi connectivity index (χ0n) is 11.9. The van der Waals surface area contributed by atoms with Crippen molar-refractivity contribution in [3.63, 3.8) is 0 Å². The van der Waals surface area contributed by atoms with E-state index in [1.165, 1.54) is 19.4 Å². The molecule has 2 atom stereocenters. The second-order valence-corrected chi connectivity index (χ2v) is 5.29. The van der Waals surface area contributed by atoms with Gasteiger partial charge in [-0.2, -0.15) is 0 Å². The van der Waals surface area contributed by atoms with Crippen LogP contribution in [0.25, 0.3) is 0 Å². The first kappa shape index (κ1) is 14.5. The van der Waals surface area contributed by atoms with Crippen molar-refractivity contribution in [2.45, 2.75) is 32.5 Å². The fourth-order valence-corrected chi connectivity index (χ4v) is 2.67. The average molecular weight is 275 g/mol. The smallest absolute Gasteiger partial charge is 0.217 e. The quantitative estimate of drug-likeness (QED) is 0.842. The molecule has 0 aliphatic carbocycles. The Morgan fingerprint density at radius 2 is 1.55 bits per heavy atom. The second kappa shape index (κ2) is 6.52. The molecule has 1 aliphatic rings. The monoisotopic (exact) mass is 275 g/mol. The van der Waals surface area contributed by atoms with E-state index in [4.69, 9.17) is 0 Å². The fraction of sp³-hybridized carbons (Fsp3) is 0.467. The summed E-state index contributed by atoms with van der Waals surface area (Å²) in [6, 6.07) is 10.1. The third kappa shape index (κ3) is 4.06. The molecule has 2 N–H and O–H groups in total. The summed E-state index contributed by atoms with van der Waals surface area (Å²) in [5, 5.41) is 5.84. The van der Waals surface area contributed by atoms with E-state index in [9.17, 15) is 9.59 Å². The third-order valence-electron chi connectivity index (χ3n) is 3.42. The first-order chi connectivity index (χ1) is 9.54. The number of carbonyl (C=O) groups excluding carboxylic acids is 2. The molecule has 0 radical (unpaired) electrons. The summed E-state index contributed by atoms with van der Waals surface area (Å²) in [5.41, 5.74) is 1.23. The van der Waals surface area contributed by atoms with E-state index in [1.54, 1.807) is 0 Å². The highest BCUT2D eigenvalue weighted by atomic mass is 16.2. The van der Waals surface area contributed by atoms with Crippen LogP contribution >= 0.6 is 0 Å². The van der Waals surface area contributed by atoms with Gasteiger partial charge >= 0.3 is 0 Å². The van der Waals surface area contributed by atoms with Crippen LogP contribution in [0.1, 0.15) is 19.4 Å². The van der Waals surface area contributed by atoms with Gasteiger partial charge in [0.15, 0.2) is 0 Å². The maximum Gasteiger partial charge on any atom is 0.217 e. The summed E-state index contributed by atoms with van der Waals surface area (Å²) in [7, 11) is 0. The lowest BCUT2D eigenvalue weighted by atomic mass is 10.1. The molecular formula is C15H21N3O2. The summed E-state index contributed by atoms with van der Waals surface area (Å²) >= 11 is 0. The van der Waals surface area contributed by atoms with Crippen molar-refractivity contribution in [3.8, 4) is 0 Å². The minimum Gasteiger partial charge on any atom is -0.350 e. The Kier molecular flexibility index (Phi) is 4.74. The molecule has 2 rings (SSSR count). The van der Waals surface area contributed by atoms with Crippen molar-refractivity contribution in [3.05, 3.63) is 35.9 Å². The van der Waals surface area contributed by atoms with Crippen molar-refractivity contribution in [1.82, 2.24) is 15.5 Å². The highest BCUT2D eigenvalue weighted by molar-refractivity contribution is 5.75. The van der Waals surface area contributed by atoms with E-state index in [-0.39, 0.29) is 23.9 Å². The van der Waals surface area contributed by atoms with Crippen LogP contribution < -0.4 is 10.6 Å². The Labute approximate surface area is 119 Å². The third-order valence-corrected chi connectivity index (χ3v) is 3.42. The molecule has 20 heavy (non-hydrogen) atoms. The van der Waals surface area contributed by atoms with Gasteiger partial charge in [-0.15, -0.1) is 0 Å². The Hall–Kier alpha value is -1.88. The van der Waals surface area contributed by atoms with Gasteiger partial charge in [0.05, 0.1) is 12.1 Å². The maximum atomic E-state index is 11.3. The number of amides is 2. The molecule has 1 saturated heterocycles. The van der Waals surface area contributed by atoms with E-state index in [2.05, 4.69) is 27.7 Å². The summed E-state index contributed by atoms with van der Waals surface area (Å²) in [6.45, 7) is 5.33. The normalized spacial score (nSPS) is 22.5. The number of carbonyl (C=O) groups is 2. The fourth-order valence-electron chi connectivity index (χ4n) is 2.67. The standard InChI is InChI=1S/C15H21N3O2/c1-11(19)16-14-9-18(10-15(14)17-12(2)20)8-13-6-4-3-5-7-13/h3-7,14-15H,8-10H2,1-2H3,(H,16,19)(H,17,20). The van der Waals surface area contributed by atoms with Crippen molar-refractivity contribution in [2.24, 2.45) is 0 Å². The van der Waals surface area contributed by atoms with Crippen LogP contribution in [0.4, 0.5) is 0 Å². The number of benzene rings is 1. The molecule has 2 amide bonds. The van der Waals surface area contributed by atoms with Crippen LogP contribution in [0.15, 0.2) is 30.3 Å². The van der Waals surface area contributed by atoms with Gasteiger partial charge in [-0.25, -0.2) is 0 Å². The van der Waals surface area contributed by atoms with Gasteiger partial charge in [0.2, 0.25) is 11.8 Å². The number of hydrogen-bond donors (Lipinski definition) is 2. The van der Waals surface area contributed by atoms with Gasteiger partial charge < -0.3 is 10.6 Å². The van der Waals surface area contributed by atoms with Crippen LogP contribution in [0, 0.1) is 0 Å². The lowest BCUT2D eigenvalue weighted by molar-refractivity contribution is -0.122. The zero-order valence-corrected chi connectivity index (χ0v) is 11.9. The van der Waals surface area contributed by atoms with Crippen molar-refractivity contribution >= 4 is 11.8 Å². The zero-order chi connectivity index (χ0) is 14.5. The molecule has 5 heteroatoms. The van der Waals surface area contributed by atoms with E-state index >= 15 is 0 Å². The van der Waals surface area contributed by atoms with Gasteiger partial charge in [0.25, 0.3) is 0 Å². The Morgan fingerprint density at radius 1 is 1.05 bits per heavy atom. The first-order valence-corrected chi connectivity index (χ1v) is 6.85.